The van der Waals surface area contributed by atoms with Crippen molar-refractivity contribution in [3.05, 3.63) is 87.7 Å². The first-order valence-electron chi connectivity index (χ1n) is 10.7. The highest BCUT2D eigenvalue weighted by Crippen LogP contribution is 2.50. The summed E-state index contributed by atoms with van der Waals surface area (Å²) < 4.78 is 7.18. The predicted molar refractivity (Wildman–Crippen MR) is 151 cm³/mol. The fourth-order valence-corrected chi connectivity index (χ4v) is 6.30. The molecule has 0 radical (unpaired) electrons. The van der Waals surface area contributed by atoms with E-state index in [0.29, 0.717) is 17.0 Å². The number of methoxy groups -OCH3 is 1. The van der Waals surface area contributed by atoms with Crippen LogP contribution in [-0.2, 0) is 4.79 Å². The van der Waals surface area contributed by atoms with Crippen LogP contribution in [0, 0.1) is 6.92 Å². The van der Waals surface area contributed by atoms with Gasteiger partial charge in [-0.1, -0.05) is 78.3 Å². The molecule has 0 unspecified atom stereocenters. The fourth-order valence-electron chi connectivity index (χ4n) is 4.66. The molecule has 3 amide bonds. The number of hydrogen-bond acceptors (Lipinski definition) is 4. The van der Waals surface area contributed by atoms with Gasteiger partial charge in [-0.25, -0.2) is 0 Å². The molecular formula is C25H14Br2Cl4N2O4. The van der Waals surface area contributed by atoms with E-state index in [9.17, 15) is 14.4 Å². The molecule has 2 heterocycles. The number of rotatable bonds is 4. The Morgan fingerprint density at radius 2 is 1.38 bits per heavy atom. The Morgan fingerprint density at radius 3 is 1.92 bits per heavy atom. The summed E-state index contributed by atoms with van der Waals surface area (Å²) in [6.45, 7) is 1.89. The average molecular weight is 708 g/mol. The molecule has 6 nitrogen and oxygen atoms in total. The van der Waals surface area contributed by atoms with Crippen LogP contribution in [-0.4, -0.2) is 35.8 Å². The highest BCUT2D eigenvalue weighted by molar-refractivity contribution is 9.10. The summed E-state index contributed by atoms with van der Waals surface area (Å²) in [5.41, 5.74) is 1.71. The van der Waals surface area contributed by atoms with Gasteiger partial charge in [0.15, 0.2) is 0 Å². The van der Waals surface area contributed by atoms with Crippen LogP contribution < -0.4 is 9.64 Å². The number of β-lactam (4-membered cyclic amide) rings is 1. The predicted octanol–water partition coefficient (Wildman–Crippen LogP) is 7.89. The van der Waals surface area contributed by atoms with Crippen molar-refractivity contribution in [1.29, 1.82) is 0 Å². The van der Waals surface area contributed by atoms with Crippen molar-refractivity contribution in [3.63, 3.8) is 0 Å². The van der Waals surface area contributed by atoms with E-state index >= 15 is 0 Å². The molecule has 190 valence electrons. The third kappa shape index (κ3) is 3.99. The Bertz CT molecular complexity index is 1500. The number of imide groups is 1. The quantitative estimate of drug-likeness (QED) is 0.120. The van der Waals surface area contributed by atoms with Crippen LogP contribution in [0.2, 0.25) is 20.1 Å². The molecule has 3 aromatic carbocycles. The van der Waals surface area contributed by atoms with Crippen LogP contribution in [0.1, 0.15) is 37.9 Å². The zero-order valence-corrected chi connectivity index (χ0v) is 25.1. The number of anilines is 1. The molecule has 0 aromatic heterocycles. The second-order valence-electron chi connectivity index (χ2n) is 8.40. The van der Waals surface area contributed by atoms with Crippen molar-refractivity contribution in [3.8, 4) is 5.75 Å². The molecular weight excluding hydrogens is 694 g/mol. The van der Waals surface area contributed by atoms with Crippen molar-refractivity contribution in [2.45, 2.75) is 19.0 Å². The fraction of sp³-hybridized carbons (Fsp3) is 0.160. The molecule has 12 heteroatoms. The Hall–Kier alpha value is -1.81. The molecule has 0 spiro atoms. The molecule has 5 rings (SSSR count). The van der Waals surface area contributed by atoms with Crippen molar-refractivity contribution in [2.24, 2.45) is 0 Å². The number of ether oxygens (including phenoxy) is 1. The number of carbonyl (C=O) groups is 3. The average Bonchev–Trinajstić information content (AvgIpc) is 3.12. The first-order chi connectivity index (χ1) is 17.5. The summed E-state index contributed by atoms with van der Waals surface area (Å²) >= 11 is 31.9. The van der Waals surface area contributed by atoms with Gasteiger partial charge < -0.3 is 9.64 Å². The molecule has 2 aliphatic heterocycles. The monoisotopic (exact) mass is 704 g/mol. The van der Waals surface area contributed by atoms with Gasteiger partial charge in [0, 0.05) is 20.2 Å². The third-order valence-electron chi connectivity index (χ3n) is 6.41. The molecule has 1 saturated heterocycles. The summed E-state index contributed by atoms with van der Waals surface area (Å²) in [5.74, 6) is -1.56. The minimum Gasteiger partial charge on any atom is -0.496 e. The summed E-state index contributed by atoms with van der Waals surface area (Å²) in [6.07, 6.45) is 0. The second kappa shape index (κ2) is 9.74. The van der Waals surface area contributed by atoms with E-state index in [-0.39, 0.29) is 31.2 Å². The lowest BCUT2D eigenvalue weighted by Crippen LogP contribution is -2.67. The molecule has 0 N–H and O–H groups in total. The Morgan fingerprint density at radius 1 is 0.784 bits per heavy atom. The van der Waals surface area contributed by atoms with Crippen LogP contribution in [0.25, 0.3) is 0 Å². The zero-order chi connectivity index (χ0) is 26.9. The Balaban J connectivity index is 1.68. The van der Waals surface area contributed by atoms with Gasteiger partial charge in [-0.15, -0.1) is 0 Å². The molecule has 37 heavy (non-hydrogen) atoms. The number of fused-ring (bicyclic) bond motifs is 1. The number of hydrogen-bond donors (Lipinski definition) is 0. The standard InChI is InChI=1S/C25H14Br2Cl4N2O4/c1-9-7-11(4-5-13(9)27)32-21(12-8-10(26)3-6-14(12)37-2)22(25(32)36)33-23(34)15-16(24(33)35)18(29)20(31)19(30)17(15)28/h3-8,21-22H,1-2H3/t21-,22-/m0/s1. The maximum Gasteiger partial charge on any atom is 0.264 e. The molecule has 0 aliphatic carbocycles. The molecule has 2 atom stereocenters. The van der Waals surface area contributed by atoms with Gasteiger partial charge >= 0.3 is 0 Å². The normalized spacial score (nSPS) is 18.9. The zero-order valence-electron chi connectivity index (χ0n) is 18.9. The lowest BCUT2D eigenvalue weighted by atomic mass is 9.85. The number of carbonyl (C=O) groups excluding carboxylic acids is 3. The molecule has 1 fully saturated rings. The van der Waals surface area contributed by atoms with Gasteiger partial charge in [-0.3, -0.25) is 19.3 Å². The topological polar surface area (TPSA) is 66.9 Å². The van der Waals surface area contributed by atoms with E-state index in [1.165, 1.54) is 12.0 Å². The van der Waals surface area contributed by atoms with E-state index in [2.05, 4.69) is 31.9 Å². The van der Waals surface area contributed by atoms with E-state index in [1.54, 1.807) is 24.3 Å². The lowest BCUT2D eigenvalue weighted by molar-refractivity contribution is -0.130. The van der Waals surface area contributed by atoms with Crippen LogP contribution in [0.15, 0.2) is 45.3 Å². The van der Waals surface area contributed by atoms with Gasteiger partial charge in [-0.05, 0) is 48.9 Å². The Labute approximate surface area is 248 Å². The second-order valence-corrected chi connectivity index (χ2v) is 11.7. The third-order valence-corrected chi connectivity index (χ3v) is 9.59. The number of aryl methyl sites for hydroxylation is 1. The van der Waals surface area contributed by atoms with Gasteiger partial charge in [0.2, 0.25) is 0 Å². The van der Waals surface area contributed by atoms with E-state index in [0.717, 1.165) is 19.4 Å². The highest BCUT2D eigenvalue weighted by atomic mass is 79.9. The van der Waals surface area contributed by atoms with Crippen molar-refractivity contribution >= 4 is 102 Å². The van der Waals surface area contributed by atoms with E-state index in [1.807, 2.05) is 19.1 Å². The maximum absolute atomic E-state index is 13.8. The van der Waals surface area contributed by atoms with Crippen LogP contribution in [0.4, 0.5) is 5.69 Å². The van der Waals surface area contributed by atoms with Gasteiger partial charge in [0.1, 0.15) is 11.8 Å². The highest BCUT2D eigenvalue weighted by Gasteiger charge is 2.59. The van der Waals surface area contributed by atoms with Gasteiger partial charge in [0.05, 0.1) is 44.4 Å². The number of benzene rings is 3. The first-order valence-corrected chi connectivity index (χ1v) is 13.8. The molecule has 2 aliphatic rings. The van der Waals surface area contributed by atoms with Crippen LogP contribution in [0.5, 0.6) is 5.75 Å². The lowest BCUT2D eigenvalue weighted by Gasteiger charge is -2.50. The smallest absolute Gasteiger partial charge is 0.264 e. The van der Waals surface area contributed by atoms with E-state index in [4.69, 9.17) is 51.1 Å². The van der Waals surface area contributed by atoms with Gasteiger partial charge in [-0.2, -0.15) is 0 Å². The van der Waals surface area contributed by atoms with Crippen molar-refractivity contribution < 1.29 is 19.1 Å². The SMILES string of the molecule is COc1ccc(Br)cc1[C@H]1[C@H](N2C(=O)c3c(Cl)c(Cl)c(Cl)c(Cl)c3C2=O)C(=O)N1c1ccc(Br)c(C)c1. The van der Waals surface area contributed by atoms with Crippen molar-refractivity contribution in [1.82, 2.24) is 4.90 Å². The Kier molecular flexibility index (Phi) is 7.05. The number of amides is 3. The molecule has 3 aromatic rings. The van der Waals surface area contributed by atoms with Gasteiger partial charge in [0.25, 0.3) is 17.7 Å². The summed E-state index contributed by atoms with van der Waals surface area (Å²) in [5, 5.41) is -0.689. The van der Waals surface area contributed by atoms with E-state index < -0.39 is 29.8 Å². The number of nitrogens with zero attached hydrogens (tertiary/aromatic N) is 2. The minimum atomic E-state index is -1.20. The molecule has 0 bridgehead atoms. The maximum atomic E-state index is 13.8. The molecule has 0 saturated carbocycles. The first kappa shape index (κ1) is 26.8. The summed E-state index contributed by atoms with van der Waals surface area (Å²) in [7, 11) is 1.50. The van der Waals surface area contributed by atoms with Crippen molar-refractivity contribution in [2.75, 3.05) is 12.0 Å². The summed E-state index contributed by atoms with van der Waals surface area (Å²) in [6, 6.07) is 8.77. The van der Waals surface area contributed by atoms with Crippen LogP contribution >= 0.6 is 78.3 Å². The number of halogens is 6. The summed E-state index contributed by atoms with van der Waals surface area (Å²) in [4.78, 5) is 43.4. The largest absolute Gasteiger partial charge is 0.496 e. The van der Waals surface area contributed by atoms with Crippen LogP contribution in [0.3, 0.4) is 0 Å². The minimum absolute atomic E-state index is 0.146.